The molecule has 0 saturated carbocycles. The molecular formula is C8H15NO3. The molecule has 0 unspecified atom stereocenters. The summed E-state index contributed by atoms with van der Waals surface area (Å²) in [4.78, 5) is 13.0. The molecule has 4 nitrogen and oxygen atoms in total. The number of carbonyl (C=O) groups is 1. The Kier molecular flexibility index (Phi) is 4.04. The Morgan fingerprint density at radius 3 is 2.75 bits per heavy atom. The van der Waals surface area contributed by atoms with Crippen LogP contribution in [0.2, 0.25) is 0 Å². The number of rotatable bonds is 3. The molecule has 1 fully saturated rings. The second kappa shape index (κ2) is 5.11. The highest BCUT2D eigenvalue weighted by atomic mass is 16.5. The maximum atomic E-state index is 10.8. The molecule has 0 N–H and O–H groups in total. The lowest BCUT2D eigenvalue weighted by molar-refractivity contribution is -0.141. The van der Waals surface area contributed by atoms with Gasteiger partial charge in [-0.3, -0.25) is 9.69 Å². The first kappa shape index (κ1) is 9.48. The maximum absolute atomic E-state index is 10.8. The van der Waals surface area contributed by atoms with Crippen molar-refractivity contribution in [3.05, 3.63) is 0 Å². The Bertz CT molecular complexity index is 143. The first-order chi connectivity index (χ1) is 5.83. The Morgan fingerprint density at radius 2 is 2.17 bits per heavy atom. The zero-order valence-corrected chi connectivity index (χ0v) is 7.41. The van der Waals surface area contributed by atoms with E-state index in [0.29, 0.717) is 6.42 Å². The third-order valence-corrected chi connectivity index (χ3v) is 1.96. The summed E-state index contributed by atoms with van der Waals surface area (Å²) in [5.74, 6) is -0.138. The van der Waals surface area contributed by atoms with Gasteiger partial charge < -0.3 is 9.47 Å². The van der Waals surface area contributed by atoms with Gasteiger partial charge in [0.25, 0.3) is 0 Å². The van der Waals surface area contributed by atoms with Crippen LogP contribution in [0.4, 0.5) is 0 Å². The van der Waals surface area contributed by atoms with E-state index in [9.17, 15) is 4.79 Å². The van der Waals surface area contributed by atoms with Crippen LogP contribution in [-0.4, -0.2) is 50.8 Å². The van der Waals surface area contributed by atoms with Crippen molar-refractivity contribution < 1.29 is 14.3 Å². The van der Waals surface area contributed by atoms with E-state index < -0.39 is 0 Å². The van der Waals surface area contributed by atoms with Gasteiger partial charge >= 0.3 is 5.97 Å². The van der Waals surface area contributed by atoms with Crippen LogP contribution in [0, 0.1) is 0 Å². The van der Waals surface area contributed by atoms with Gasteiger partial charge in [0, 0.05) is 19.6 Å². The van der Waals surface area contributed by atoms with Gasteiger partial charge in [0.2, 0.25) is 0 Å². The minimum absolute atomic E-state index is 0.138. The lowest BCUT2D eigenvalue weighted by Gasteiger charge is -2.25. The molecule has 0 aliphatic carbocycles. The maximum Gasteiger partial charge on any atom is 0.306 e. The smallest absolute Gasteiger partial charge is 0.306 e. The predicted octanol–water partition coefficient (Wildman–Crippen LogP) is -0.118. The molecule has 70 valence electrons. The highest BCUT2D eigenvalue weighted by molar-refractivity contribution is 5.69. The van der Waals surface area contributed by atoms with Crippen LogP contribution in [0.3, 0.4) is 0 Å². The average molecular weight is 173 g/mol. The van der Waals surface area contributed by atoms with Crippen molar-refractivity contribution in [2.24, 2.45) is 0 Å². The molecule has 0 spiro atoms. The molecular weight excluding hydrogens is 158 g/mol. The van der Waals surface area contributed by atoms with E-state index in [4.69, 9.17) is 4.74 Å². The third-order valence-electron chi connectivity index (χ3n) is 1.96. The van der Waals surface area contributed by atoms with Crippen molar-refractivity contribution in [1.82, 2.24) is 4.90 Å². The summed E-state index contributed by atoms with van der Waals surface area (Å²) in [7, 11) is 1.42. The van der Waals surface area contributed by atoms with E-state index in [-0.39, 0.29) is 5.97 Å². The largest absolute Gasteiger partial charge is 0.469 e. The average Bonchev–Trinajstić information content (AvgIpc) is 2.16. The van der Waals surface area contributed by atoms with Crippen LogP contribution < -0.4 is 0 Å². The van der Waals surface area contributed by atoms with Crippen molar-refractivity contribution in [2.45, 2.75) is 6.42 Å². The summed E-state index contributed by atoms with van der Waals surface area (Å²) >= 11 is 0. The van der Waals surface area contributed by atoms with Gasteiger partial charge in [0.05, 0.1) is 26.7 Å². The van der Waals surface area contributed by atoms with E-state index in [1.54, 1.807) is 0 Å². The van der Waals surface area contributed by atoms with Crippen molar-refractivity contribution >= 4 is 5.97 Å². The minimum Gasteiger partial charge on any atom is -0.469 e. The van der Waals surface area contributed by atoms with Gasteiger partial charge in [-0.15, -0.1) is 0 Å². The minimum atomic E-state index is -0.138. The quantitative estimate of drug-likeness (QED) is 0.558. The fourth-order valence-electron chi connectivity index (χ4n) is 1.18. The molecule has 0 radical (unpaired) electrons. The van der Waals surface area contributed by atoms with Gasteiger partial charge in [-0.1, -0.05) is 0 Å². The zero-order chi connectivity index (χ0) is 8.81. The van der Waals surface area contributed by atoms with E-state index in [0.717, 1.165) is 32.8 Å². The fraction of sp³-hybridized carbons (Fsp3) is 0.875. The number of nitrogens with zero attached hydrogens (tertiary/aromatic N) is 1. The molecule has 0 atom stereocenters. The summed E-state index contributed by atoms with van der Waals surface area (Å²) in [6.07, 6.45) is 0.483. The summed E-state index contributed by atoms with van der Waals surface area (Å²) in [5, 5.41) is 0. The second-order valence-electron chi connectivity index (χ2n) is 2.78. The molecule has 1 aliphatic heterocycles. The zero-order valence-electron chi connectivity index (χ0n) is 7.41. The number of carbonyl (C=O) groups excluding carboxylic acids is 1. The van der Waals surface area contributed by atoms with Crippen molar-refractivity contribution in [2.75, 3.05) is 40.0 Å². The number of methoxy groups -OCH3 is 1. The lowest BCUT2D eigenvalue weighted by atomic mass is 10.3. The van der Waals surface area contributed by atoms with Crippen LogP contribution >= 0.6 is 0 Å². The summed E-state index contributed by atoms with van der Waals surface area (Å²) in [5.41, 5.74) is 0. The van der Waals surface area contributed by atoms with E-state index in [2.05, 4.69) is 9.64 Å². The molecule has 0 bridgehead atoms. The number of esters is 1. The van der Waals surface area contributed by atoms with Crippen LogP contribution in [0.5, 0.6) is 0 Å². The standard InChI is InChI=1S/C8H15NO3/c1-11-8(10)2-3-9-4-6-12-7-5-9/h2-7H2,1H3. The molecule has 0 aromatic carbocycles. The lowest BCUT2D eigenvalue weighted by Crippen LogP contribution is -2.37. The monoisotopic (exact) mass is 173 g/mol. The van der Waals surface area contributed by atoms with Crippen molar-refractivity contribution in [3.8, 4) is 0 Å². The van der Waals surface area contributed by atoms with Crippen molar-refractivity contribution in [1.29, 1.82) is 0 Å². The summed E-state index contributed by atoms with van der Waals surface area (Å²) < 4.78 is 9.72. The first-order valence-corrected chi connectivity index (χ1v) is 4.20. The molecule has 1 saturated heterocycles. The Hall–Kier alpha value is -0.610. The van der Waals surface area contributed by atoms with Crippen LogP contribution in [-0.2, 0) is 14.3 Å². The summed E-state index contributed by atoms with van der Waals surface area (Å²) in [6, 6.07) is 0. The Labute approximate surface area is 72.4 Å². The number of ether oxygens (including phenoxy) is 2. The van der Waals surface area contributed by atoms with E-state index >= 15 is 0 Å². The third kappa shape index (κ3) is 3.19. The van der Waals surface area contributed by atoms with Crippen LogP contribution in [0.15, 0.2) is 0 Å². The number of hydrogen-bond donors (Lipinski definition) is 0. The summed E-state index contributed by atoms with van der Waals surface area (Å²) in [6.45, 7) is 4.20. The highest BCUT2D eigenvalue weighted by Crippen LogP contribution is 1.98. The number of morpholine rings is 1. The van der Waals surface area contributed by atoms with Gasteiger partial charge in [-0.05, 0) is 0 Å². The van der Waals surface area contributed by atoms with Crippen molar-refractivity contribution in [3.63, 3.8) is 0 Å². The van der Waals surface area contributed by atoms with Gasteiger partial charge in [0.1, 0.15) is 0 Å². The molecule has 4 heteroatoms. The molecule has 0 aromatic rings. The molecule has 1 heterocycles. The van der Waals surface area contributed by atoms with Gasteiger partial charge in [0.15, 0.2) is 0 Å². The number of hydrogen-bond acceptors (Lipinski definition) is 4. The van der Waals surface area contributed by atoms with Gasteiger partial charge in [-0.2, -0.15) is 0 Å². The Morgan fingerprint density at radius 1 is 1.50 bits per heavy atom. The molecule has 0 aromatic heterocycles. The molecule has 0 amide bonds. The molecule has 1 aliphatic rings. The fourth-order valence-corrected chi connectivity index (χ4v) is 1.18. The van der Waals surface area contributed by atoms with Gasteiger partial charge in [-0.25, -0.2) is 0 Å². The van der Waals surface area contributed by atoms with Crippen LogP contribution in [0.1, 0.15) is 6.42 Å². The predicted molar refractivity (Wildman–Crippen MR) is 43.9 cm³/mol. The van der Waals surface area contributed by atoms with E-state index in [1.165, 1.54) is 7.11 Å². The van der Waals surface area contributed by atoms with Crippen LogP contribution in [0.25, 0.3) is 0 Å². The normalized spacial score (nSPS) is 19.1. The highest BCUT2D eigenvalue weighted by Gasteiger charge is 2.11. The molecule has 1 rings (SSSR count). The first-order valence-electron chi connectivity index (χ1n) is 4.20. The Balaban J connectivity index is 2.09. The second-order valence-corrected chi connectivity index (χ2v) is 2.78. The topological polar surface area (TPSA) is 38.8 Å². The SMILES string of the molecule is COC(=O)CCN1CCOCC1. The van der Waals surface area contributed by atoms with E-state index in [1.807, 2.05) is 0 Å². The molecule has 12 heavy (non-hydrogen) atoms.